The van der Waals surface area contributed by atoms with Crippen LogP contribution in [0.3, 0.4) is 0 Å². The van der Waals surface area contributed by atoms with Gasteiger partial charge < -0.3 is 4.74 Å². The van der Waals surface area contributed by atoms with Gasteiger partial charge in [0.2, 0.25) is 5.90 Å². The zero-order valence-electron chi connectivity index (χ0n) is 8.05. The van der Waals surface area contributed by atoms with Crippen LogP contribution in [0, 0.1) is 0 Å². The van der Waals surface area contributed by atoms with Gasteiger partial charge >= 0.3 is 0 Å². The van der Waals surface area contributed by atoms with Crippen LogP contribution in [-0.4, -0.2) is 19.0 Å². The minimum absolute atomic E-state index is 0.710. The van der Waals surface area contributed by atoms with E-state index >= 15 is 0 Å². The molecular formula is C11H15NO. The molecule has 0 bridgehead atoms. The zero-order valence-corrected chi connectivity index (χ0v) is 8.05. The molecule has 0 radical (unpaired) electrons. The highest BCUT2D eigenvalue weighted by Gasteiger charge is 2.14. The lowest BCUT2D eigenvalue weighted by Crippen LogP contribution is -2.01. The van der Waals surface area contributed by atoms with E-state index in [0.29, 0.717) is 6.61 Å². The highest BCUT2D eigenvalue weighted by atomic mass is 16.5. The van der Waals surface area contributed by atoms with Gasteiger partial charge in [0.05, 0.1) is 6.61 Å². The molecule has 0 atom stereocenters. The fourth-order valence-electron chi connectivity index (χ4n) is 1.84. The van der Waals surface area contributed by atoms with Crippen molar-refractivity contribution in [3.8, 4) is 0 Å². The van der Waals surface area contributed by atoms with Crippen LogP contribution < -0.4 is 0 Å². The van der Waals surface area contributed by atoms with Crippen LogP contribution in [-0.2, 0) is 4.74 Å². The molecular weight excluding hydrogens is 162 g/mol. The second-order valence-corrected chi connectivity index (χ2v) is 3.34. The molecule has 0 N–H and O–H groups in total. The number of hydrogen-bond acceptors (Lipinski definition) is 2. The second-order valence-electron chi connectivity index (χ2n) is 3.34. The van der Waals surface area contributed by atoms with Crippen molar-refractivity contribution < 1.29 is 4.74 Å². The molecule has 0 aromatic carbocycles. The Morgan fingerprint density at radius 3 is 3.15 bits per heavy atom. The third-order valence-corrected chi connectivity index (χ3v) is 2.46. The highest BCUT2D eigenvalue weighted by molar-refractivity contribution is 5.89. The van der Waals surface area contributed by atoms with Crippen molar-refractivity contribution in [2.24, 2.45) is 4.99 Å². The molecule has 1 aliphatic heterocycles. The monoisotopic (exact) mass is 177 g/mol. The first-order valence-corrected chi connectivity index (χ1v) is 4.97. The zero-order chi connectivity index (χ0) is 9.10. The quantitative estimate of drug-likeness (QED) is 0.603. The first kappa shape index (κ1) is 8.54. The van der Waals surface area contributed by atoms with Gasteiger partial charge in [0.15, 0.2) is 0 Å². The molecule has 70 valence electrons. The average Bonchev–Trinajstić information content (AvgIpc) is 2.46. The number of ether oxygens (including phenoxy) is 1. The van der Waals surface area contributed by atoms with E-state index in [1.165, 1.54) is 24.0 Å². The largest absolute Gasteiger partial charge is 0.478 e. The van der Waals surface area contributed by atoms with E-state index in [1.807, 2.05) is 6.92 Å². The minimum Gasteiger partial charge on any atom is -0.478 e. The first-order chi connectivity index (χ1) is 6.40. The summed E-state index contributed by atoms with van der Waals surface area (Å²) in [7, 11) is 0. The normalized spacial score (nSPS) is 21.2. The predicted octanol–water partition coefficient (Wildman–Crippen LogP) is 2.47. The summed E-state index contributed by atoms with van der Waals surface area (Å²) in [6.45, 7) is 3.58. The Labute approximate surface area is 79.0 Å². The summed E-state index contributed by atoms with van der Waals surface area (Å²) in [6, 6.07) is 0. The van der Waals surface area contributed by atoms with Crippen LogP contribution in [0.4, 0.5) is 0 Å². The molecule has 0 aromatic heterocycles. The maximum atomic E-state index is 5.42. The van der Waals surface area contributed by atoms with Crippen molar-refractivity contribution in [3.05, 3.63) is 23.3 Å². The van der Waals surface area contributed by atoms with Gasteiger partial charge in [-0.15, -0.1) is 0 Å². The van der Waals surface area contributed by atoms with E-state index < -0.39 is 0 Å². The minimum atomic E-state index is 0.710. The van der Waals surface area contributed by atoms with Gasteiger partial charge in [0.1, 0.15) is 0 Å². The lowest BCUT2D eigenvalue weighted by Gasteiger charge is -2.01. The van der Waals surface area contributed by atoms with Gasteiger partial charge in [-0.2, -0.15) is 0 Å². The van der Waals surface area contributed by atoms with Crippen LogP contribution >= 0.6 is 0 Å². The molecule has 0 unspecified atom stereocenters. The fourth-order valence-corrected chi connectivity index (χ4v) is 1.84. The number of hydrogen-bond donors (Lipinski definition) is 0. The Kier molecular flexibility index (Phi) is 2.48. The van der Waals surface area contributed by atoms with Crippen LogP contribution in [0.2, 0.25) is 0 Å². The average molecular weight is 177 g/mol. The van der Waals surface area contributed by atoms with Crippen molar-refractivity contribution in [2.45, 2.75) is 26.2 Å². The van der Waals surface area contributed by atoms with Crippen molar-refractivity contribution in [1.29, 1.82) is 0 Å². The van der Waals surface area contributed by atoms with E-state index in [1.54, 1.807) is 0 Å². The maximum absolute atomic E-state index is 5.42. The summed E-state index contributed by atoms with van der Waals surface area (Å²) in [5, 5.41) is 0. The van der Waals surface area contributed by atoms with Crippen molar-refractivity contribution >= 4 is 5.90 Å². The molecule has 0 fully saturated rings. The Hall–Kier alpha value is -1.05. The molecule has 2 nitrogen and oxygen atoms in total. The standard InChI is InChI=1S/C11H15NO/c1-2-13-11-8-10-5-3-4-9(10)6-7-12-11/h4,8H,2-3,5-7H2,1H3. The van der Waals surface area contributed by atoms with E-state index in [4.69, 9.17) is 4.74 Å². The second kappa shape index (κ2) is 3.77. The molecule has 0 saturated carbocycles. The van der Waals surface area contributed by atoms with Crippen molar-refractivity contribution in [3.63, 3.8) is 0 Å². The van der Waals surface area contributed by atoms with Gasteiger partial charge in [0, 0.05) is 12.6 Å². The van der Waals surface area contributed by atoms with Crippen LogP contribution in [0.15, 0.2) is 28.3 Å². The third-order valence-electron chi connectivity index (χ3n) is 2.46. The number of rotatable bonds is 1. The van der Waals surface area contributed by atoms with Crippen LogP contribution in [0.5, 0.6) is 0 Å². The summed E-state index contributed by atoms with van der Waals surface area (Å²) in [4.78, 5) is 4.37. The highest BCUT2D eigenvalue weighted by Crippen LogP contribution is 2.28. The van der Waals surface area contributed by atoms with Crippen LogP contribution in [0.1, 0.15) is 26.2 Å². The van der Waals surface area contributed by atoms with Gasteiger partial charge in [-0.3, -0.25) is 4.99 Å². The smallest absolute Gasteiger partial charge is 0.208 e. The molecule has 2 aliphatic rings. The molecule has 0 spiro atoms. The van der Waals surface area contributed by atoms with E-state index in [0.717, 1.165) is 18.9 Å². The van der Waals surface area contributed by atoms with Gasteiger partial charge in [0.25, 0.3) is 0 Å². The van der Waals surface area contributed by atoms with E-state index in [9.17, 15) is 0 Å². The lowest BCUT2D eigenvalue weighted by molar-refractivity contribution is 0.329. The van der Waals surface area contributed by atoms with Gasteiger partial charge in [-0.25, -0.2) is 0 Å². The molecule has 0 amide bonds. The van der Waals surface area contributed by atoms with Crippen molar-refractivity contribution in [1.82, 2.24) is 0 Å². The summed E-state index contributed by atoms with van der Waals surface area (Å²) in [6.07, 6.45) is 7.88. The Morgan fingerprint density at radius 1 is 1.38 bits per heavy atom. The number of fused-ring (bicyclic) bond motifs is 1. The molecule has 2 rings (SSSR count). The molecule has 1 aliphatic carbocycles. The maximum Gasteiger partial charge on any atom is 0.208 e. The molecule has 2 heteroatoms. The van der Waals surface area contributed by atoms with Gasteiger partial charge in [-0.05, 0) is 37.3 Å². The molecule has 0 aromatic rings. The predicted molar refractivity (Wildman–Crippen MR) is 53.9 cm³/mol. The number of nitrogens with zero attached hydrogens (tertiary/aromatic N) is 1. The topological polar surface area (TPSA) is 21.6 Å². The molecule has 1 heterocycles. The fraction of sp³-hybridized carbons (Fsp3) is 0.545. The van der Waals surface area contributed by atoms with E-state index in [-0.39, 0.29) is 0 Å². The Morgan fingerprint density at radius 2 is 2.31 bits per heavy atom. The van der Waals surface area contributed by atoms with Gasteiger partial charge in [-0.1, -0.05) is 6.08 Å². The number of aliphatic imine (C=N–C) groups is 1. The van der Waals surface area contributed by atoms with Crippen LogP contribution in [0.25, 0.3) is 0 Å². The van der Waals surface area contributed by atoms with Crippen molar-refractivity contribution in [2.75, 3.05) is 13.2 Å². The van der Waals surface area contributed by atoms with E-state index in [2.05, 4.69) is 17.1 Å². The number of allylic oxidation sites excluding steroid dienone is 2. The Balaban J connectivity index is 2.17. The third kappa shape index (κ3) is 1.82. The summed E-state index contributed by atoms with van der Waals surface area (Å²) >= 11 is 0. The summed E-state index contributed by atoms with van der Waals surface area (Å²) in [5.41, 5.74) is 2.92. The Bertz CT molecular complexity index is 286. The summed E-state index contributed by atoms with van der Waals surface area (Å²) < 4.78 is 5.42. The molecule has 0 saturated heterocycles. The molecule has 13 heavy (non-hydrogen) atoms. The first-order valence-electron chi connectivity index (χ1n) is 4.97. The summed E-state index contributed by atoms with van der Waals surface area (Å²) in [5.74, 6) is 0.822. The SMILES string of the molecule is CCOC1=NCCC2=CCCC2=C1. The lowest BCUT2D eigenvalue weighted by atomic mass is 10.1.